The molecule has 0 bridgehead atoms. The van der Waals surface area contributed by atoms with E-state index in [9.17, 15) is 4.79 Å². The molecule has 0 saturated heterocycles. The van der Waals surface area contributed by atoms with Gasteiger partial charge in [0.2, 0.25) is 0 Å². The van der Waals surface area contributed by atoms with Crippen molar-refractivity contribution in [1.82, 2.24) is 9.88 Å². The minimum Gasteiger partial charge on any atom is -0.349 e. The van der Waals surface area contributed by atoms with E-state index in [0.717, 1.165) is 17.0 Å². The van der Waals surface area contributed by atoms with Gasteiger partial charge in [0, 0.05) is 17.9 Å². The van der Waals surface area contributed by atoms with E-state index in [1.54, 1.807) is 6.08 Å². The van der Waals surface area contributed by atoms with Crippen LogP contribution in [0.1, 0.15) is 40.3 Å². The summed E-state index contributed by atoms with van der Waals surface area (Å²) in [6, 6.07) is 12.5. The molecule has 2 rings (SSSR count). The van der Waals surface area contributed by atoms with E-state index in [0.29, 0.717) is 6.54 Å². The Morgan fingerprint density at radius 1 is 1.33 bits per heavy atom. The quantitative estimate of drug-likeness (QED) is 0.835. The molecule has 2 aromatic rings. The van der Waals surface area contributed by atoms with Gasteiger partial charge in [-0.15, -0.1) is 6.58 Å². The lowest BCUT2D eigenvalue weighted by Crippen LogP contribution is -2.24. The first kappa shape index (κ1) is 15.1. The lowest BCUT2D eigenvalue weighted by atomic mass is 10.1. The van der Waals surface area contributed by atoms with Crippen molar-refractivity contribution < 1.29 is 4.79 Å². The summed E-state index contributed by atoms with van der Waals surface area (Å²) in [7, 11) is 0. The van der Waals surface area contributed by atoms with Crippen LogP contribution >= 0.6 is 0 Å². The summed E-state index contributed by atoms with van der Waals surface area (Å²) < 4.78 is 2.21. The molecule has 0 spiro atoms. The van der Waals surface area contributed by atoms with Crippen molar-refractivity contribution in [2.75, 3.05) is 6.54 Å². The molecule has 0 radical (unpaired) electrons. The number of aryl methyl sites for hydroxylation is 1. The van der Waals surface area contributed by atoms with Crippen LogP contribution < -0.4 is 5.32 Å². The third-order valence-electron chi connectivity index (χ3n) is 3.81. The van der Waals surface area contributed by atoms with Crippen LogP contribution in [-0.2, 0) is 0 Å². The van der Waals surface area contributed by atoms with E-state index >= 15 is 0 Å². The van der Waals surface area contributed by atoms with E-state index in [2.05, 4.69) is 35.5 Å². The lowest BCUT2D eigenvalue weighted by Gasteiger charge is -2.19. The summed E-state index contributed by atoms with van der Waals surface area (Å²) >= 11 is 0. The monoisotopic (exact) mass is 282 g/mol. The van der Waals surface area contributed by atoms with Crippen LogP contribution in [0.15, 0.2) is 49.1 Å². The molecule has 1 aromatic carbocycles. The third kappa shape index (κ3) is 3.07. The summed E-state index contributed by atoms with van der Waals surface area (Å²) in [4.78, 5) is 12.2. The number of nitrogens with zero attached hydrogens (tertiary/aromatic N) is 1. The van der Waals surface area contributed by atoms with Crippen LogP contribution in [0, 0.1) is 13.8 Å². The molecule has 0 aliphatic rings. The molecule has 110 valence electrons. The highest BCUT2D eigenvalue weighted by Crippen LogP contribution is 2.25. The summed E-state index contributed by atoms with van der Waals surface area (Å²) in [5.74, 6) is -0.0467. The maximum absolute atomic E-state index is 12.2. The van der Waals surface area contributed by atoms with Crippen molar-refractivity contribution in [1.29, 1.82) is 0 Å². The summed E-state index contributed by atoms with van der Waals surface area (Å²) in [6.45, 7) is 10.3. The number of nitrogens with one attached hydrogen (secondary N) is 1. The highest BCUT2D eigenvalue weighted by Gasteiger charge is 2.19. The second-order valence-electron chi connectivity index (χ2n) is 5.24. The van der Waals surface area contributed by atoms with E-state index in [4.69, 9.17) is 0 Å². The zero-order valence-electron chi connectivity index (χ0n) is 12.9. The molecule has 1 heterocycles. The van der Waals surface area contributed by atoms with Gasteiger partial charge in [0.25, 0.3) is 5.91 Å². The van der Waals surface area contributed by atoms with E-state index in [1.807, 2.05) is 38.1 Å². The second kappa shape index (κ2) is 6.44. The molecule has 21 heavy (non-hydrogen) atoms. The zero-order chi connectivity index (χ0) is 15.4. The largest absolute Gasteiger partial charge is 0.349 e. The Morgan fingerprint density at radius 3 is 2.62 bits per heavy atom. The topological polar surface area (TPSA) is 34.0 Å². The van der Waals surface area contributed by atoms with Crippen molar-refractivity contribution in [3.8, 4) is 0 Å². The first-order chi connectivity index (χ1) is 10.1. The maximum Gasteiger partial charge on any atom is 0.253 e. The molecular formula is C18H22N2O. The molecule has 1 N–H and O–H groups in total. The second-order valence-corrected chi connectivity index (χ2v) is 5.24. The summed E-state index contributed by atoms with van der Waals surface area (Å²) in [6.07, 6.45) is 1.68. The summed E-state index contributed by atoms with van der Waals surface area (Å²) in [5, 5.41) is 2.84. The number of hydrogen-bond acceptors (Lipinski definition) is 1. The molecular weight excluding hydrogens is 260 g/mol. The maximum atomic E-state index is 12.2. The van der Waals surface area contributed by atoms with Gasteiger partial charge >= 0.3 is 0 Å². The Kier molecular flexibility index (Phi) is 4.63. The fourth-order valence-electron chi connectivity index (χ4n) is 2.74. The average Bonchev–Trinajstić information content (AvgIpc) is 2.80. The van der Waals surface area contributed by atoms with Gasteiger partial charge in [0.15, 0.2) is 0 Å². The first-order valence-corrected chi connectivity index (χ1v) is 7.18. The first-order valence-electron chi connectivity index (χ1n) is 7.18. The van der Waals surface area contributed by atoms with Crippen LogP contribution in [0.2, 0.25) is 0 Å². The third-order valence-corrected chi connectivity index (χ3v) is 3.81. The smallest absolute Gasteiger partial charge is 0.253 e. The predicted molar refractivity (Wildman–Crippen MR) is 86.7 cm³/mol. The Bertz CT molecular complexity index is 641. The molecule has 1 aromatic heterocycles. The van der Waals surface area contributed by atoms with Crippen molar-refractivity contribution in [3.63, 3.8) is 0 Å². The highest BCUT2D eigenvalue weighted by molar-refractivity contribution is 5.95. The van der Waals surface area contributed by atoms with Gasteiger partial charge in [-0.1, -0.05) is 36.4 Å². The van der Waals surface area contributed by atoms with Crippen LogP contribution in [0.3, 0.4) is 0 Å². The molecule has 3 nitrogen and oxygen atoms in total. The average molecular weight is 282 g/mol. The zero-order valence-corrected chi connectivity index (χ0v) is 12.9. The van der Waals surface area contributed by atoms with Crippen LogP contribution in [0.25, 0.3) is 0 Å². The molecule has 1 unspecified atom stereocenters. The fourth-order valence-corrected chi connectivity index (χ4v) is 2.74. The van der Waals surface area contributed by atoms with Gasteiger partial charge in [-0.25, -0.2) is 0 Å². The van der Waals surface area contributed by atoms with Crippen LogP contribution in [0.5, 0.6) is 0 Å². The van der Waals surface area contributed by atoms with Crippen LogP contribution in [-0.4, -0.2) is 17.0 Å². The minimum atomic E-state index is -0.0467. The van der Waals surface area contributed by atoms with Crippen molar-refractivity contribution in [2.45, 2.75) is 26.8 Å². The van der Waals surface area contributed by atoms with Gasteiger partial charge in [-0.05, 0) is 32.4 Å². The SMILES string of the molecule is C=CCNC(=O)c1cc(C)n(C(C)c2ccccc2)c1C. The number of aromatic nitrogens is 1. The van der Waals surface area contributed by atoms with Crippen molar-refractivity contribution >= 4 is 5.91 Å². The number of carbonyl (C=O) groups excluding carboxylic acids is 1. The van der Waals surface area contributed by atoms with Gasteiger partial charge in [-0.2, -0.15) is 0 Å². The number of hydrogen-bond donors (Lipinski definition) is 1. The van der Waals surface area contributed by atoms with E-state index in [-0.39, 0.29) is 11.9 Å². The number of amides is 1. The fraction of sp³-hybridized carbons (Fsp3) is 0.278. The highest BCUT2D eigenvalue weighted by atomic mass is 16.1. The van der Waals surface area contributed by atoms with Gasteiger partial charge in [-0.3, -0.25) is 4.79 Å². The Labute approximate surface area is 126 Å². The van der Waals surface area contributed by atoms with Crippen molar-refractivity contribution in [3.05, 3.63) is 71.6 Å². The molecule has 0 saturated carbocycles. The lowest BCUT2D eigenvalue weighted by molar-refractivity contribution is 0.0957. The van der Waals surface area contributed by atoms with Crippen LogP contribution in [0.4, 0.5) is 0 Å². The molecule has 1 amide bonds. The molecule has 0 aliphatic carbocycles. The predicted octanol–water partition coefficient (Wildman–Crippen LogP) is 3.63. The van der Waals surface area contributed by atoms with E-state index < -0.39 is 0 Å². The van der Waals surface area contributed by atoms with Gasteiger partial charge in [0.1, 0.15) is 0 Å². The number of benzene rings is 1. The van der Waals surface area contributed by atoms with Crippen molar-refractivity contribution in [2.24, 2.45) is 0 Å². The number of rotatable bonds is 5. The standard InChI is InChI=1S/C18H22N2O/c1-5-11-19-18(21)17-12-13(2)20(15(17)4)14(3)16-9-7-6-8-10-16/h5-10,12,14H,1,11H2,2-4H3,(H,19,21). The van der Waals surface area contributed by atoms with Gasteiger partial charge < -0.3 is 9.88 Å². The Morgan fingerprint density at radius 2 is 2.00 bits per heavy atom. The molecule has 0 fully saturated rings. The molecule has 3 heteroatoms. The normalized spacial score (nSPS) is 12.0. The minimum absolute atomic E-state index is 0.0467. The summed E-state index contributed by atoms with van der Waals surface area (Å²) in [5.41, 5.74) is 4.05. The Hall–Kier alpha value is -2.29. The Balaban J connectivity index is 2.35. The van der Waals surface area contributed by atoms with E-state index in [1.165, 1.54) is 5.56 Å². The molecule has 0 aliphatic heterocycles. The number of carbonyl (C=O) groups is 1. The molecule has 1 atom stereocenters. The van der Waals surface area contributed by atoms with Gasteiger partial charge in [0.05, 0.1) is 11.6 Å².